The lowest BCUT2D eigenvalue weighted by atomic mass is 10.1. The summed E-state index contributed by atoms with van der Waals surface area (Å²) in [6.07, 6.45) is 11.6. The molecule has 0 aliphatic carbocycles. The second kappa shape index (κ2) is 7.33. The van der Waals surface area contributed by atoms with Gasteiger partial charge in [-0.05, 0) is 64.7 Å². The molecule has 3 fully saturated rings. The number of hydrogen-bond donors (Lipinski definition) is 0. The Morgan fingerprint density at radius 3 is 1.47 bits per heavy atom. The second-order valence-corrected chi connectivity index (χ2v) is 8.29. The SMILES string of the molecule is C1CCN(CC2CCC(CN3CCCCC3)S2)CC1. The summed E-state index contributed by atoms with van der Waals surface area (Å²) in [6, 6.07) is 0. The molecule has 0 aromatic heterocycles. The second-order valence-electron chi connectivity index (χ2n) is 6.68. The number of thioether (sulfide) groups is 1. The van der Waals surface area contributed by atoms with Crippen molar-refractivity contribution in [3.8, 4) is 0 Å². The van der Waals surface area contributed by atoms with Crippen LogP contribution in [0.1, 0.15) is 51.4 Å². The van der Waals surface area contributed by atoms with Crippen LogP contribution in [0.4, 0.5) is 0 Å². The fourth-order valence-electron chi connectivity index (χ4n) is 3.91. The summed E-state index contributed by atoms with van der Waals surface area (Å²) in [5.41, 5.74) is 0. The van der Waals surface area contributed by atoms with Gasteiger partial charge in [0.15, 0.2) is 0 Å². The van der Waals surface area contributed by atoms with Crippen molar-refractivity contribution in [2.24, 2.45) is 0 Å². The van der Waals surface area contributed by atoms with Crippen molar-refractivity contribution in [2.45, 2.75) is 61.9 Å². The van der Waals surface area contributed by atoms with E-state index in [2.05, 4.69) is 21.6 Å². The van der Waals surface area contributed by atoms with Crippen LogP contribution >= 0.6 is 11.8 Å². The molecule has 0 spiro atoms. The minimum Gasteiger partial charge on any atom is -0.302 e. The Labute approximate surface area is 123 Å². The molecule has 0 amide bonds. The maximum atomic E-state index is 2.73. The average Bonchev–Trinajstić information content (AvgIpc) is 2.88. The van der Waals surface area contributed by atoms with Crippen molar-refractivity contribution < 1.29 is 0 Å². The van der Waals surface area contributed by atoms with Gasteiger partial charge in [0.1, 0.15) is 0 Å². The highest BCUT2D eigenvalue weighted by atomic mass is 32.2. The molecule has 0 aromatic carbocycles. The molecule has 110 valence electrons. The highest BCUT2D eigenvalue weighted by molar-refractivity contribution is 8.00. The summed E-state index contributed by atoms with van der Waals surface area (Å²) in [5.74, 6) is 0. The summed E-state index contributed by atoms with van der Waals surface area (Å²) < 4.78 is 0. The van der Waals surface area contributed by atoms with Crippen molar-refractivity contribution >= 4 is 11.8 Å². The molecule has 3 heteroatoms. The van der Waals surface area contributed by atoms with Crippen LogP contribution in [0.25, 0.3) is 0 Å². The number of rotatable bonds is 4. The predicted molar refractivity (Wildman–Crippen MR) is 85.0 cm³/mol. The van der Waals surface area contributed by atoms with Crippen LogP contribution in [-0.2, 0) is 0 Å². The van der Waals surface area contributed by atoms with Gasteiger partial charge in [-0.2, -0.15) is 11.8 Å². The van der Waals surface area contributed by atoms with Crippen molar-refractivity contribution in [1.82, 2.24) is 9.80 Å². The van der Waals surface area contributed by atoms with Gasteiger partial charge in [0.05, 0.1) is 0 Å². The zero-order valence-electron chi connectivity index (χ0n) is 12.4. The first-order valence-corrected chi connectivity index (χ1v) is 9.44. The molecule has 3 aliphatic rings. The van der Waals surface area contributed by atoms with Gasteiger partial charge in [-0.3, -0.25) is 0 Å². The van der Waals surface area contributed by atoms with Crippen molar-refractivity contribution in [1.29, 1.82) is 0 Å². The standard InChI is InChI=1S/C16H30N2S/c1-3-9-17(10-4-1)13-15-7-8-16(19-15)14-18-11-5-2-6-12-18/h15-16H,1-14H2. The van der Waals surface area contributed by atoms with E-state index in [9.17, 15) is 0 Å². The van der Waals surface area contributed by atoms with Gasteiger partial charge in [0, 0.05) is 23.6 Å². The molecule has 0 N–H and O–H groups in total. The van der Waals surface area contributed by atoms with Gasteiger partial charge in [-0.25, -0.2) is 0 Å². The molecule has 2 unspecified atom stereocenters. The maximum absolute atomic E-state index is 2.73. The first kappa shape index (κ1) is 14.2. The van der Waals surface area contributed by atoms with Gasteiger partial charge >= 0.3 is 0 Å². The molecule has 0 saturated carbocycles. The molecule has 2 nitrogen and oxygen atoms in total. The Kier molecular flexibility index (Phi) is 5.48. The Balaban J connectivity index is 1.37. The maximum Gasteiger partial charge on any atom is 0.0178 e. The highest BCUT2D eigenvalue weighted by Crippen LogP contribution is 2.35. The van der Waals surface area contributed by atoms with Crippen LogP contribution in [0.3, 0.4) is 0 Å². The lowest BCUT2D eigenvalue weighted by Crippen LogP contribution is -2.35. The van der Waals surface area contributed by atoms with E-state index in [0.717, 1.165) is 10.5 Å². The zero-order chi connectivity index (χ0) is 12.9. The van der Waals surface area contributed by atoms with Gasteiger partial charge in [-0.15, -0.1) is 0 Å². The number of nitrogens with zero attached hydrogens (tertiary/aromatic N) is 2. The third-order valence-electron chi connectivity index (χ3n) is 5.02. The van der Waals surface area contributed by atoms with Crippen LogP contribution < -0.4 is 0 Å². The van der Waals surface area contributed by atoms with Crippen molar-refractivity contribution in [3.05, 3.63) is 0 Å². The van der Waals surface area contributed by atoms with Crippen molar-refractivity contribution in [3.63, 3.8) is 0 Å². The Bertz CT molecular complexity index is 233. The number of hydrogen-bond acceptors (Lipinski definition) is 3. The molecule has 0 aromatic rings. The summed E-state index contributed by atoms with van der Waals surface area (Å²) in [5, 5.41) is 1.88. The fourth-order valence-corrected chi connectivity index (χ4v) is 5.59. The first-order chi connectivity index (χ1) is 9.40. The normalized spacial score (nSPS) is 34.7. The minimum absolute atomic E-state index is 0.938. The predicted octanol–water partition coefficient (Wildman–Crippen LogP) is 3.22. The molecule has 2 atom stereocenters. The Morgan fingerprint density at radius 1 is 0.632 bits per heavy atom. The molecule has 0 bridgehead atoms. The molecule has 19 heavy (non-hydrogen) atoms. The Morgan fingerprint density at radius 2 is 1.05 bits per heavy atom. The van der Waals surface area contributed by atoms with Crippen LogP contribution in [0.5, 0.6) is 0 Å². The van der Waals surface area contributed by atoms with E-state index in [-0.39, 0.29) is 0 Å². The molecule has 0 radical (unpaired) electrons. The fraction of sp³-hybridized carbons (Fsp3) is 1.00. The van der Waals surface area contributed by atoms with E-state index >= 15 is 0 Å². The molecule has 3 saturated heterocycles. The van der Waals surface area contributed by atoms with Gasteiger partial charge in [0.25, 0.3) is 0 Å². The van der Waals surface area contributed by atoms with E-state index in [4.69, 9.17) is 0 Å². The van der Waals surface area contributed by atoms with Crippen LogP contribution in [0.15, 0.2) is 0 Å². The lowest BCUT2D eigenvalue weighted by Gasteiger charge is -2.30. The van der Waals surface area contributed by atoms with Gasteiger partial charge in [0.2, 0.25) is 0 Å². The van der Waals surface area contributed by atoms with Crippen LogP contribution in [0.2, 0.25) is 0 Å². The van der Waals surface area contributed by atoms with E-state index in [1.165, 1.54) is 90.6 Å². The first-order valence-electron chi connectivity index (χ1n) is 8.50. The monoisotopic (exact) mass is 282 g/mol. The number of likely N-dealkylation sites (tertiary alicyclic amines) is 2. The average molecular weight is 282 g/mol. The molecular formula is C16H30N2S. The van der Waals surface area contributed by atoms with E-state index in [1.54, 1.807) is 0 Å². The third-order valence-corrected chi connectivity index (χ3v) is 6.56. The van der Waals surface area contributed by atoms with Crippen LogP contribution in [-0.4, -0.2) is 59.6 Å². The summed E-state index contributed by atoms with van der Waals surface area (Å²) in [7, 11) is 0. The molecular weight excluding hydrogens is 252 g/mol. The van der Waals surface area contributed by atoms with Crippen LogP contribution in [0, 0.1) is 0 Å². The lowest BCUT2D eigenvalue weighted by molar-refractivity contribution is 0.225. The summed E-state index contributed by atoms with van der Waals surface area (Å²) >= 11 is 2.31. The topological polar surface area (TPSA) is 6.48 Å². The summed E-state index contributed by atoms with van der Waals surface area (Å²) in [6.45, 7) is 8.23. The molecule has 3 heterocycles. The smallest absolute Gasteiger partial charge is 0.0178 e. The van der Waals surface area contributed by atoms with Gasteiger partial charge < -0.3 is 9.80 Å². The molecule has 3 aliphatic heterocycles. The third kappa shape index (κ3) is 4.37. The van der Waals surface area contributed by atoms with Crippen molar-refractivity contribution in [2.75, 3.05) is 39.3 Å². The molecule has 3 rings (SSSR count). The van der Waals surface area contributed by atoms with E-state index < -0.39 is 0 Å². The van der Waals surface area contributed by atoms with E-state index in [1.807, 2.05) is 0 Å². The Hall–Kier alpha value is 0.270. The van der Waals surface area contributed by atoms with E-state index in [0.29, 0.717) is 0 Å². The highest BCUT2D eigenvalue weighted by Gasteiger charge is 2.28. The summed E-state index contributed by atoms with van der Waals surface area (Å²) in [4.78, 5) is 5.45. The van der Waals surface area contributed by atoms with Gasteiger partial charge in [-0.1, -0.05) is 12.8 Å². The minimum atomic E-state index is 0.938. The quantitative estimate of drug-likeness (QED) is 0.782. The zero-order valence-corrected chi connectivity index (χ0v) is 13.2. The number of piperidine rings is 2. The largest absolute Gasteiger partial charge is 0.302 e.